The second-order valence-electron chi connectivity index (χ2n) is 5.53. The summed E-state index contributed by atoms with van der Waals surface area (Å²) in [5.74, 6) is 1.65. The molecule has 3 rings (SSSR count). The van der Waals surface area contributed by atoms with E-state index in [1.54, 1.807) is 0 Å². The van der Waals surface area contributed by atoms with Gasteiger partial charge in [0, 0.05) is 12.6 Å². The van der Waals surface area contributed by atoms with E-state index in [0.717, 1.165) is 18.9 Å². The molecule has 1 N–H and O–H groups in total. The number of hydrogen-bond acceptors (Lipinski definition) is 3. The van der Waals surface area contributed by atoms with E-state index in [9.17, 15) is 0 Å². The van der Waals surface area contributed by atoms with Crippen molar-refractivity contribution in [2.24, 2.45) is 5.92 Å². The Morgan fingerprint density at radius 3 is 2.89 bits per heavy atom. The Morgan fingerprint density at radius 1 is 1.26 bits per heavy atom. The standard InChI is InChI=1S/C16H23NO2/c1-2-18-14-8-6-12(7-9-14)16-10-17-15-5-3-4-13(15)11-19-16/h6-9,13,15-17H,2-5,10-11H2,1H3. The van der Waals surface area contributed by atoms with Crippen LogP contribution in [0.4, 0.5) is 0 Å². The van der Waals surface area contributed by atoms with E-state index < -0.39 is 0 Å². The topological polar surface area (TPSA) is 30.5 Å². The zero-order valence-corrected chi connectivity index (χ0v) is 11.6. The average Bonchev–Trinajstić information content (AvgIpc) is 2.79. The summed E-state index contributed by atoms with van der Waals surface area (Å²) in [6.45, 7) is 4.54. The first-order chi connectivity index (χ1) is 9.36. The molecule has 0 spiro atoms. The Labute approximate surface area is 115 Å². The minimum absolute atomic E-state index is 0.182. The van der Waals surface area contributed by atoms with Gasteiger partial charge in [-0.25, -0.2) is 0 Å². The number of benzene rings is 1. The molecule has 3 heteroatoms. The molecule has 0 radical (unpaired) electrons. The van der Waals surface area contributed by atoms with Crippen molar-refractivity contribution in [1.29, 1.82) is 0 Å². The highest BCUT2D eigenvalue weighted by molar-refractivity contribution is 5.29. The molecule has 1 aromatic rings. The lowest BCUT2D eigenvalue weighted by atomic mass is 10.1. The number of fused-ring (bicyclic) bond motifs is 1. The first-order valence-electron chi connectivity index (χ1n) is 7.44. The Kier molecular flexibility index (Phi) is 4.04. The van der Waals surface area contributed by atoms with Gasteiger partial charge in [0.05, 0.1) is 19.3 Å². The highest BCUT2D eigenvalue weighted by atomic mass is 16.5. The smallest absolute Gasteiger partial charge is 0.119 e. The molecule has 1 aromatic carbocycles. The fourth-order valence-corrected chi connectivity index (χ4v) is 3.22. The molecule has 1 saturated carbocycles. The summed E-state index contributed by atoms with van der Waals surface area (Å²) in [7, 11) is 0. The van der Waals surface area contributed by atoms with E-state index >= 15 is 0 Å². The van der Waals surface area contributed by atoms with Crippen LogP contribution in [-0.4, -0.2) is 25.8 Å². The minimum atomic E-state index is 0.182. The lowest BCUT2D eigenvalue weighted by Gasteiger charge is -2.16. The van der Waals surface area contributed by atoms with Crippen LogP contribution in [0.15, 0.2) is 24.3 Å². The van der Waals surface area contributed by atoms with Gasteiger partial charge in [0.1, 0.15) is 5.75 Å². The Balaban J connectivity index is 1.65. The molecular formula is C16H23NO2. The number of hydrogen-bond donors (Lipinski definition) is 1. The van der Waals surface area contributed by atoms with Gasteiger partial charge in [0.25, 0.3) is 0 Å². The molecule has 1 saturated heterocycles. The van der Waals surface area contributed by atoms with Crippen LogP contribution in [0.1, 0.15) is 37.9 Å². The fourth-order valence-electron chi connectivity index (χ4n) is 3.22. The maximum Gasteiger partial charge on any atom is 0.119 e. The first kappa shape index (κ1) is 12.9. The molecule has 3 atom stereocenters. The van der Waals surface area contributed by atoms with E-state index in [0.29, 0.717) is 18.6 Å². The van der Waals surface area contributed by atoms with Crippen LogP contribution in [0.25, 0.3) is 0 Å². The van der Waals surface area contributed by atoms with Crippen LogP contribution in [0.5, 0.6) is 5.75 Å². The van der Waals surface area contributed by atoms with E-state index in [1.807, 2.05) is 19.1 Å². The lowest BCUT2D eigenvalue weighted by molar-refractivity contribution is 0.0473. The molecule has 104 valence electrons. The van der Waals surface area contributed by atoms with Crippen molar-refractivity contribution >= 4 is 0 Å². The molecule has 3 nitrogen and oxygen atoms in total. The van der Waals surface area contributed by atoms with Gasteiger partial charge < -0.3 is 14.8 Å². The van der Waals surface area contributed by atoms with E-state index in [-0.39, 0.29) is 6.10 Å². The summed E-state index contributed by atoms with van der Waals surface area (Å²) in [6.07, 6.45) is 4.15. The fraction of sp³-hybridized carbons (Fsp3) is 0.625. The highest BCUT2D eigenvalue weighted by Gasteiger charge is 2.31. The lowest BCUT2D eigenvalue weighted by Crippen LogP contribution is -2.32. The summed E-state index contributed by atoms with van der Waals surface area (Å²) in [6, 6.07) is 8.99. The van der Waals surface area contributed by atoms with Crippen LogP contribution in [0.2, 0.25) is 0 Å². The van der Waals surface area contributed by atoms with Crippen molar-refractivity contribution in [3.05, 3.63) is 29.8 Å². The highest BCUT2D eigenvalue weighted by Crippen LogP contribution is 2.31. The summed E-state index contributed by atoms with van der Waals surface area (Å²) in [5, 5.41) is 3.68. The van der Waals surface area contributed by atoms with Crippen LogP contribution < -0.4 is 10.1 Å². The van der Waals surface area contributed by atoms with Gasteiger partial charge in [0.15, 0.2) is 0 Å². The van der Waals surface area contributed by atoms with Gasteiger partial charge in [0.2, 0.25) is 0 Å². The van der Waals surface area contributed by atoms with E-state index in [2.05, 4.69) is 17.4 Å². The van der Waals surface area contributed by atoms with Gasteiger partial charge in [-0.3, -0.25) is 0 Å². The maximum absolute atomic E-state index is 6.10. The van der Waals surface area contributed by atoms with Crippen LogP contribution >= 0.6 is 0 Å². The third-order valence-corrected chi connectivity index (χ3v) is 4.30. The van der Waals surface area contributed by atoms with Crippen molar-refractivity contribution in [2.75, 3.05) is 19.8 Å². The number of nitrogens with one attached hydrogen (secondary N) is 1. The normalized spacial score (nSPS) is 30.7. The molecule has 1 aliphatic heterocycles. The van der Waals surface area contributed by atoms with Gasteiger partial charge in [-0.1, -0.05) is 18.6 Å². The van der Waals surface area contributed by atoms with Crippen molar-refractivity contribution < 1.29 is 9.47 Å². The number of rotatable bonds is 3. The second kappa shape index (κ2) is 5.93. The van der Waals surface area contributed by atoms with E-state index in [1.165, 1.54) is 24.8 Å². The first-order valence-corrected chi connectivity index (χ1v) is 7.44. The summed E-state index contributed by atoms with van der Waals surface area (Å²) < 4.78 is 11.6. The summed E-state index contributed by atoms with van der Waals surface area (Å²) >= 11 is 0. The van der Waals surface area contributed by atoms with Crippen molar-refractivity contribution in [3.63, 3.8) is 0 Å². The van der Waals surface area contributed by atoms with Crippen molar-refractivity contribution in [3.8, 4) is 5.75 Å². The largest absolute Gasteiger partial charge is 0.494 e. The Morgan fingerprint density at radius 2 is 2.11 bits per heavy atom. The summed E-state index contributed by atoms with van der Waals surface area (Å²) in [4.78, 5) is 0. The molecule has 1 heterocycles. The second-order valence-corrected chi connectivity index (χ2v) is 5.53. The third kappa shape index (κ3) is 2.93. The molecule has 0 amide bonds. The van der Waals surface area contributed by atoms with Gasteiger partial charge in [-0.2, -0.15) is 0 Å². The average molecular weight is 261 g/mol. The molecule has 19 heavy (non-hydrogen) atoms. The van der Waals surface area contributed by atoms with Gasteiger partial charge in [-0.15, -0.1) is 0 Å². The minimum Gasteiger partial charge on any atom is -0.494 e. The van der Waals surface area contributed by atoms with Crippen molar-refractivity contribution in [2.45, 2.75) is 38.3 Å². The molecule has 2 fully saturated rings. The quantitative estimate of drug-likeness (QED) is 0.907. The molecule has 1 aliphatic carbocycles. The molecule has 0 bridgehead atoms. The van der Waals surface area contributed by atoms with Crippen LogP contribution in [0, 0.1) is 5.92 Å². The Hall–Kier alpha value is -1.06. The predicted molar refractivity (Wildman–Crippen MR) is 75.4 cm³/mol. The van der Waals surface area contributed by atoms with Crippen LogP contribution in [-0.2, 0) is 4.74 Å². The number of ether oxygens (including phenoxy) is 2. The molecule has 2 aliphatic rings. The zero-order chi connectivity index (χ0) is 13.1. The molecule has 3 unspecified atom stereocenters. The molecular weight excluding hydrogens is 238 g/mol. The van der Waals surface area contributed by atoms with Gasteiger partial charge >= 0.3 is 0 Å². The third-order valence-electron chi connectivity index (χ3n) is 4.30. The van der Waals surface area contributed by atoms with Crippen molar-refractivity contribution in [1.82, 2.24) is 5.32 Å². The van der Waals surface area contributed by atoms with Gasteiger partial charge in [-0.05, 0) is 43.4 Å². The molecule has 0 aromatic heterocycles. The maximum atomic E-state index is 6.10. The summed E-state index contributed by atoms with van der Waals surface area (Å²) in [5.41, 5.74) is 1.25. The SMILES string of the molecule is CCOc1ccc(C2CNC3CCCC3CO2)cc1. The predicted octanol–water partition coefficient (Wildman–Crippen LogP) is 2.91. The van der Waals surface area contributed by atoms with Crippen LogP contribution in [0.3, 0.4) is 0 Å². The van der Waals surface area contributed by atoms with E-state index in [4.69, 9.17) is 9.47 Å². The monoisotopic (exact) mass is 261 g/mol. The zero-order valence-electron chi connectivity index (χ0n) is 11.6. The Bertz CT molecular complexity index is 390.